The zero-order valence-corrected chi connectivity index (χ0v) is 15.2. The molecule has 1 aliphatic rings. The van der Waals surface area contributed by atoms with Crippen molar-refractivity contribution >= 4 is 23.2 Å². The Labute approximate surface area is 145 Å². The molecule has 0 atom stereocenters. The van der Waals surface area contributed by atoms with Crippen LogP contribution in [0.5, 0.6) is 0 Å². The third-order valence-corrected chi connectivity index (χ3v) is 5.30. The van der Waals surface area contributed by atoms with Crippen molar-refractivity contribution in [3.05, 3.63) is 22.0 Å². The number of nitrogens with zero attached hydrogens (tertiary/aromatic N) is 5. The van der Waals surface area contributed by atoms with Crippen LogP contribution in [-0.2, 0) is 17.6 Å². The molecule has 3 heterocycles. The topological polar surface area (TPSA) is 75.4 Å². The number of anilines is 1. The fourth-order valence-corrected chi connectivity index (χ4v) is 3.55. The maximum atomic E-state index is 12.4. The molecular weight excluding hydrogens is 326 g/mol. The lowest BCUT2D eigenvalue weighted by Crippen LogP contribution is -2.38. The van der Waals surface area contributed by atoms with E-state index in [0.717, 1.165) is 43.1 Å². The molecule has 1 fully saturated rings. The lowest BCUT2D eigenvalue weighted by molar-refractivity contribution is -0.131. The van der Waals surface area contributed by atoms with Gasteiger partial charge in [0.2, 0.25) is 11.8 Å². The van der Waals surface area contributed by atoms with Crippen LogP contribution < -0.4 is 4.90 Å². The van der Waals surface area contributed by atoms with Gasteiger partial charge in [0.05, 0.1) is 17.1 Å². The molecule has 8 heteroatoms. The molecule has 0 aliphatic carbocycles. The number of hydrogen-bond donors (Lipinski definition) is 0. The highest BCUT2D eigenvalue weighted by Gasteiger charge is 2.28. The van der Waals surface area contributed by atoms with E-state index >= 15 is 0 Å². The van der Waals surface area contributed by atoms with E-state index in [1.165, 1.54) is 0 Å². The normalized spacial score (nSPS) is 15.7. The van der Waals surface area contributed by atoms with Crippen molar-refractivity contribution in [2.45, 2.75) is 38.5 Å². The summed E-state index contributed by atoms with van der Waals surface area (Å²) in [5, 5.41) is 7.04. The molecule has 0 saturated carbocycles. The second-order valence-electron chi connectivity index (χ2n) is 6.25. The Morgan fingerprint density at radius 1 is 1.38 bits per heavy atom. The molecule has 130 valence electrons. The van der Waals surface area contributed by atoms with E-state index in [2.05, 4.69) is 22.0 Å². The number of likely N-dealkylation sites (tertiary alicyclic amines) is 1. The van der Waals surface area contributed by atoms with Gasteiger partial charge < -0.3 is 14.3 Å². The molecule has 0 radical (unpaired) electrons. The number of carbonyl (C=O) groups excluding carboxylic acids is 1. The van der Waals surface area contributed by atoms with Crippen LogP contribution in [0.15, 0.2) is 9.90 Å². The average Bonchev–Trinajstić information content (AvgIpc) is 3.24. The van der Waals surface area contributed by atoms with E-state index in [1.807, 2.05) is 29.3 Å². The number of aromatic nitrogens is 3. The largest absolute Gasteiger partial charge is 0.344 e. The van der Waals surface area contributed by atoms with Crippen LogP contribution >= 0.6 is 11.3 Å². The molecule has 1 amide bonds. The van der Waals surface area contributed by atoms with Crippen molar-refractivity contribution in [2.75, 3.05) is 32.1 Å². The van der Waals surface area contributed by atoms with Crippen LogP contribution in [0, 0.1) is 0 Å². The fraction of sp³-hybridized carbons (Fsp3) is 0.625. The van der Waals surface area contributed by atoms with Crippen molar-refractivity contribution in [3.63, 3.8) is 0 Å². The Hall–Kier alpha value is -1.96. The monoisotopic (exact) mass is 349 g/mol. The zero-order valence-electron chi connectivity index (χ0n) is 14.4. The minimum absolute atomic E-state index is 0.154. The third-order valence-electron chi connectivity index (χ3n) is 4.26. The van der Waals surface area contributed by atoms with E-state index in [4.69, 9.17) is 4.52 Å². The molecule has 0 N–H and O–H groups in total. The van der Waals surface area contributed by atoms with Gasteiger partial charge in [-0.05, 0) is 24.4 Å². The summed E-state index contributed by atoms with van der Waals surface area (Å²) in [7, 11) is 3.77. The smallest absolute Gasteiger partial charge is 0.265 e. The maximum absolute atomic E-state index is 12.4. The second-order valence-corrected chi connectivity index (χ2v) is 7.19. The van der Waals surface area contributed by atoms with Crippen LogP contribution in [-0.4, -0.2) is 53.1 Å². The lowest BCUT2D eigenvalue weighted by atomic mass is 9.96. The maximum Gasteiger partial charge on any atom is 0.265 e. The number of thiazole rings is 1. The summed E-state index contributed by atoms with van der Waals surface area (Å²) >= 11 is 1.63. The first-order chi connectivity index (χ1) is 11.6. The van der Waals surface area contributed by atoms with Gasteiger partial charge in [-0.1, -0.05) is 6.92 Å². The molecule has 1 saturated heterocycles. The Morgan fingerprint density at radius 2 is 2.12 bits per heavy atom. The number of aryl methyl sites for hydroxylation is 1. The van der Waals surface area contributed by atoms with Gasteiger partial charge in [-0.15, -0.1) is 11.3 Å². The van der Waals surface area contributed by atoms with Gasteiger partial charge in [0.25, 0.3) is 5.95 Å². The molecule has 2 aromatic rings. The molecule has 24 heavy (non-hydrogen) atoms. The molecule has 0 unspecified atom stereocenters. The van der Waals surface area contributed by atoms with Gasteiger partial charge in [0, 0.05) is 38.5 Å². The molecule has 0 aromatic carbocycles. The van der Waals surface area contributed by atoms with E-state index in [9.17, 15) is 4.79 Å². The highest BCUT2D eigenvalue weighted by molar-refractivity contribution is 7.09. The minimum Gasteiger partial charge on any atom is -0.344 e. The predicted molar refractivity (Wildman–Crippen MR) is 92.4 cm³/mol. The van der Waals surface area contributed by atoms with E-state index < -0.39 is 0 Å². The van der Waals surface area contributed by atoms with Crippen molar-refractivity contribution in [1.29, 1.82) is 0 Å². The number of hydrogen-bond acceptors (Lipinski definition) is 7. The Morgan fingerprint density at radius 3 is 2.71 bits per heavy atom. The summed E-state index contributed by atoms with van der Waals surface area (Å²) in [5.74, 6) is 1.67. The summed E-state index contributed by atoms with van der Waals surface area (Å²) in [6.45, 7) is 3.54. The van der Waals surface area contributed by atoms with Crippen LogP contribution in [0.3, 0.4) is 0 Å². The van der Waals surface area contributed by atoms with E-state index in [0.29, 0.717) is 18.3 Å². The van der Waals surface area contributed by atoms with Gasteiger partial charge in [-0.25, -0.2) is 4.98 Å². The Balaban J connectivity index is 1.53. The quantitative estimate of drug-likeness (QED) is 0.823. The lowest BCUT2D eigenvalue weighted by Gasteiger charge is -2.30. The van der Waals surface area contributed by atoms with Gasteiger partial charge in [-0.2, -0.15) is 4.98 Å². The summed E-state index contributed by atoms with van der Waals surface area (Å²) < 4.78 is 5.36. The summed E-state index contributed by atoms with van der Waals surface area (Å²) in [6.07, 6.45) is 3.03. The number of amides is 1. The van der Waals surface area contributed by atoms with Gasteiger partial charge >= 0.3 is 0 Å². The summed E-state index contributed by atoms with van der Waals surface area (Å²) in [6, 6.07) is 0. The average molecular weight is 349 g/mol. The standard InChI is InChI=1S/C16H23N5O2S/c1-4-13-17-12(10-24-13)9-14(22)21-7-5-11(6-8-21)15-18-16(19-23-15)20(2)3/h10-11H,4-9H2,1-3H3. The van der Waals surface area contributed by atoms with Crippen LogP contribution in [0.4, 0.5) is 5.95 Å². The Kier molecular flexibility index (Phi) is 5.13. The van der Waals surface area contributed by atoms with Gasteiger partial charge in [0.1, 0.15) is 0 Å². The first-order valence-electron chi connectivity index (χ1n) is 8.28. The molecule has 1 aliphatic heterocycles. The van der Waals surface area contributed by atoms with Gasteiger partial charge in [-0.3, -0.25) is 4.79 Å². The molecule has 0 bridgehead atoms. The minimum atomic E-state index is 0.154. The Bertz CT molecular complexity index is 688. The number of piperidine rings is 1. The molecule has 3 rings (SSSR count). The number of rotatable bonds is 5. The van der Waals surface area contributed by atoms with Crippen LogP contribution in [0.2, 0.25) is 0 Å². The molecular formula is C16H23N5O2S. The zero-order chi connectivity index (χ0) is 17.1. The van der Waals surface area contributed by atoms with E-state index in [1.54, 1.807) is 11.3 Å². The highest BCUT2D eigenvalue weighted by Crippen LogP contribution is 2.28. The molecule has 2 aromatic heterocycles. The third kappa shape index (κ3) is 3.75. The highest BCUT2D eigenvalue weighted by atomic mass is 32.1. The first kappa shape index (κ1) is 16.9. The predicted octanol–water partition coefficient (Wildman–Crippen LogP) is 2.10. The first-order valence-corrected chi connectivity index (χ1v) is 9.16. The van der Waals surface area contributed by atoms with Crippen molar-refractivity contribution < 1.29 is 9.32 Å². The van der Waals surface area contributed by atoms with Crippen molar-refractivity contribution in [3.8, 4) is 0 Å². The fourth-order valence-electron chi connectivity index (χ4n) is 2.81. The SMILES string of the molecule is CCc1nc(CC(=O)N2CCC(c3nc(N(C)C)no3)CC2)cs1. The summed E-state index contributed by atoms with van der Waals surface area (Å²) in [5.41, 5.74) is 0.886. The van der Waals surface area contributed by atoms with Crippen LogP contribution in [0.1, 0.15) is 42.3 Å². The molecule has 0 spiro atoms. The van der Waals surface area contributed by atoms with Crippen molar-refractivity contribution in [2.24, 2.45) is 0 Å². The van der Waals surface area contributed by atoms with Crippen molar-refractivity contribution in [1.82, 2.24) is 20.0 Å². The van der Waals surface area contributed by atoms with Crippen LogP contribution in [0.25, 0.3) is 0 Å². The van der Waals surface area contributed by atoms with Gasteiger partial charge in [0.15, 0.2) is 0 Å². The summed E-state index contributed by atoms with van der Waals surface area (Å²) in [4.78, 5) is 25.1. The number of carbonyl (C=O) groups is 1. The second kappa shape index (κ2) is 7.29. The van der Waals surface area contributed by atoms with E-state index in [-0.39, 0.29) is 11.8 Å². The molecule has 7 nitrogen and oxygen atoms in total.